The van der Waals surface area contributed by atoms with Gasteiger partial charge in [0.25, 0.3) is 15.9 Å². The van der Waals surface area contributed by atoms with Crippen LogP contribution in [-0.2, 0) is 35.8 Å². The first kappa shape index (κ1) is 38.5. The van der Waals surface area contributed by atoms with Crippen LogP contribution in [0.3, 0.4) is 0 Å². The van der Waals surface area contributed by atoms with Gasteiger partial charge in [0.05, 0.1) is 28.1 Å². The number of pyridine rings is 2. The summed E-state index contributed by atoms with van der Waals surface area (Å²) in [6.07, 6.45) is 3.35. The number of hydrogen-bond donors (Lipinski definition) is 2. The van der Waals surface area contributed by atoms with Gasteiger partial charge in [-0.25, -0.2) is 39.8 Å². The van der Waals surface area contributed by atoms with Crippen molar-refractivity contribution >= 4 is 48.3 Å². The maximum absolute atomic E-state index is 15.4. The molecule has 0 aliphatic rings. The molecule has 0 fully saturated rings. The molecule has 0 spiro atoms. The number of sulfonamides is 1. The predicted octanol–water partition coefficient (Wildman–Crippen LogP) is 6.24. The van der Waals surface area contributed by atoms with E-state index in [0.29, 0.717) is 39.8 Å². The Kier molecular flexibility index (Phi) is 10.7. The van der Waals surface area contributed by atoms with E-state index in [4.69, 9.17) is 4.74 Å². The number of carbonyl (C=O) groups is 2. The minimum absolute atomic E-state index is 0.172. The van der Waals surface area contributed by atoms with E-state index in [1.807, 2.05) is 0 Å². The molecule has 6 aromatic rings. The van der Waals surface area contributed by atoms with Crippen molar-refractivity contribution in [2.24, 2.45) is 0 Å². The first-order valence-corrected chi connectivity index (χ1v) is 19.4. The van der Waals surface area contributed by atoms with Gasteiger partial charge in [0, 0.05) is 47.6 Å². The maximum Gasteiger partial charge on any atom is 0.328 e. The molecule has 55 heavy (non-hydrogen) atoms. The number of aromatic nitrogens is 2. The first-order chi connectivity index (χ1) is 26.0. The lowest BCUT2D eigenvalue weighted by Crippen LogP contribution is -2.43. The van der Waals surface area contributed by atoms with E-state index in [-0.39, 0.29) is 27.3 Å². The number of hydrogen-bond acceptors (Lipinski definition) is 9. The lowest BCUT2D eigenvalue weighted by atomic mass is 9.95. The number of benzene rings is 4. The molecule has 2 N–H and O–H groups in total. The summed E-state index contributed by atoms with van der Waals surface area (Å²) in [5.74, 6) is -6.72. The van der Waals surface area contributed by atoms with Crippen LogP contribution < -0.4 is 10.0 Å². The third-order valence-corrected chi connectivity index (χ3v) is 11.0. The molecule has 0 aliphatic carbocycles. The highest BCUT2D eigenvalue weighted by Crippen LogP contribution is 2.35. The Hall–Kier alpha value is -6.20. The summed E-state index contributed by atoms with van der Waals surface area (Å²) in [6, 6.07) is 17.1. The number of rotatable bonds is 11. The van der Waals surface area contributed by atoms with Crippen molar-refractivity contribution in [1.82, 2.24) is 15.3 Å². The van der Waals surface area contributed by atoms with E-state index < -0.39 is 72.4 Å². The van der Waals surface area contributed by atoms with Gasteiger partial charge >= 0.3 is 5.97 Å². The second-order valence-electron chi connectivity index (χ2n) is 12.1. The molecule has 1 atom stereocenters. The first-order valence-electron chi connectivity index (χ1n) is 16.0. The van der Waals surface area contributed by atoms with Crippen LogP contribution in [0.5, 0.6) is 0 Å². The number of nitrogens with one attached hydrogen (secondary N) is 2. The summed E-state index contributed by atoms with van der Waals surface area (Å²) >= 11 is 0. The topological polar surface area (TPSA) is 161 Å². The van der Waals surface area contributed by atoms with Gasteiger partial charge in [-0.1, -0.05) is 36.4 Å². The lowest BCUT2D eigenvalue weighted by Gasteiger charge is -2.19. The van der Waals surface area contributed by atoms with Crippen LogP contribution in [0.4, 0.5) is 23.2 Å². The number of amides is 1. The Balaban J connectivity index is 1.24. The molecule has 4 aromatic carbocycles. The smallest absolute Gasteiger partial charge is 0.328 e. The van der Waals surface area contributed by atoms with E-state index in [2.05, 4.69) is 20.0 Å². The fourth-order valence-corrected chi connectivity index (χ4v) is 7.85. The Morgan fingerprint density at radius 1 is 0.782 bits per heavy atom. The van der Waals surface area contributed by atoms with Crippen molar-refractivity contribution in [3.63, 3.8) is 0 Å². The summed E-state index contributed by atoms with van der Waals surface area (Å²) in [7, 11) is -7.23. The van der Waals surface area contributed by atoms with Gasteiger partial charge in [-0.15, -0.1) is 0 Å². The lowest BCUT2D eigenvalue weighted by molar-refractivity contribution is -0.142. The minimum Gasteiger partial charge on any atom is -0.467 e. The zero-order chi connectivity index (χ0) is 39.7. The van der Waals surface area contributed by atoms with Crippen LogP contribution >= 0.6 is 0 Å². The zero-order valence-electron chi connectivity index (χ0n) is 28.7. The quantitative estimate of drug-likeness (QED) is 0.0880. The molecule has 282 valence electrons. The van der Waals surface area contributed by atoms with E-state index in [1.54, 1.807) is 12.1 Å². The third kappa shape index (κ3) is 8.32. The molecule has 17 heteroatoms. The predicted molar refractivity (Wildman–Crippen MR) is 194 cm³/mol. The van der Waals surface area contributed by atoms with Crippen molar-refractivity contribution in [2.45, 2.75) is 22.3 Å². The summed E-state index contributed by atoms with van der Waals surface area (Å²) in [4.78, 5) is 33.5. The van der Waals surface area contributed by atoms with Crippen molar-refractivity contribution in [3.8, 4) is 22.3 Å². The molecular weight excluding hydrogens is 765 g/mol. The van der Waals surface area contributed by atoms with Crippen molar-refractivity contribution < 1.29 is 48.7 Å². The van der Waals surface area contributed by atoms with Gasteiger partial charge in [0.2, 0.25) is 5.95 Å². The number of fused-ring (bicyclic) bond motifs is 1. The number of ether oxygens (including phenoxy) is 1. The van der Waals surface area contributed by atoms with Crippen LogP contribution in [0, 0.1) is 23.4 Å². The molecule has 2 aromatic heterocycles. The molecule has 0 bridgehead atoms. The summed E-state index contributed by atoms with van der Waals surface area (Å²) in [5.41, 5.74) is 0.439. The summed E-state index contributed by atoms with van der Waals surface area (Å²) in [6.45, 7) is 0. The average Bonchev–Trinajstić information content (AvgIpc) is 3.13. The van der Waals surface area contributed by atoms with Crippen LogP contribution in [0.1, 0.15) is 15.9 Å². The summed E-state index contributed by atoms with van der Waals surface area (Å²) in [5, 5.41) is 2.69. The Labute approximate surface area is 312 Å². The number of esters is 1. The normalized spacial score (nSPS) is 12.3. The van der Waals surface area contributed by atoms with Gasteiger partial charge in [0.1, 0.15) is 29.1 Å². The zero-order valence-corrected chi connectivity index (χ0v) is 30.3. The molecule has 6 rings (SSSR count). The van der Waals surface area contributed by atoms with E-state index in [0.717, 1.165) is 31.6 Å². The third-order valence-electron chi connectivity index (χ3n) is 8.45. The number of anilines is 1. The number of nitrogens with zero attached hydrogens (tertiary/aromatic N) is 2. The second-order valence-corrected chi connectivity index (χ2v) is 15.8. The maximum atomic E-state index is 15.4. The SMILES string of the molecule is COC(=O)[C@H](Cc1ccc(-c2ccc(F)cc2S(C)(=O)=O)c2ncccc12)NC(=O)c1c(F)cc(NS(=O)(=O)c2ccc(-c3ccnc(F)c3)cc2)cc1F. The average molecular weight is 793 g/mol. The number of methoxy groups -OCH3 is 1. The van der Waals surface area contributed by atoms with Gasteiger partial charge in [-0.2, -0.15) is 4.39 Å². The molecule has 1 amide bonds. The van der Waals surface area contributed by atoms with Crippen LogP contribution in [0.2, 0.25) is 0 Å². The van der Waals surface area contributed by atoms with Gasteiger partial charge in [0.15, 0.2) is 9.84 Å². The van der Waals surface area contributed by atoms with Gasteiger partial charge < -0.3 is 10.1 Å². The van der Waals surface area contributed by atoms with Crippen LogP contribution in [-0.4, -0.2) is 58.1 Å². The molecule has 2 heterocycles. The highest BCUT2D eigenvalue weighted by atomic mass is 32.2. The van der Waals surface area contributed by atoms with Gasteiger partial charge in [-0.3, -0.25) is 14.5 Å². The van der Waals surface area contributed by atoms with Crippen LogP contribution in [0.15, 0.2) is 113 Å². The largest absolute Gasteiger partial charge is 0.467 e. The highest BCUT2D eigenvalue weighted by Gasteiger charge is 2.28. The second kappa shape index (κ2) is 15.3. The molecule has 0 radical (unpaired) electrons. The fraction of sp³-hybridized carbons (Fsp3) is 0.105. The standard InChI is InChI=1S/C38H28F4N4O7S2/c1-53-38(48)32(16-23-7-11-29(36-27(23)4-3-14-44-36)28-12-8-24(39)18-33(28)54(2,49)50)45-37(47)35-30(40)19-25(20-31(35)41)46-55(51,52)26-9-5-21(6-10-26)22-13-15-43-34(42)17-22/h3-15,17-20,32,46H,16H2,1-2H3,(H,45,47)/t32-/m0/s1. The van der Waals surface area contributed by atoms with Crippen molar-refractivity contribution in [2.75, 3.05) is 18.1 Å². The van der Waals surface area contributed by atoms with Crippen molar-refractivity contribution in [3.05, 3.63) is 138 Å². The van der Waals surface area contributed by atoms with E-state index in [9.17, 15) is 35.2 Å². The van der Waals surface area contributed by atoms with Crippen molar-refractivity contribution in [1.29, 1.82) is 0 Å². The number of halogens is 4. The van der Waals surface area contributed by atoms with Gasteiger partial charge in [-0.05, 0) is 65.2 Å². The Bertz CT molecular complexity index is 2690. The van der Waals surface area contributed by atoms with E-state index in [1.165, 1.54) is 60.9 Å². The molecule has 0 unspecified atom stereocenters. The Morgan fingerprint density at radius 3 is 2.13 bits per heavy atom. The van der Waals surface area contributed by atoms with Crippen LogP contribution in [0.25, 0.3) is 33.2 Å². The highest BCUT2D eigenvalue weighted by molar-refractivity contribution is 7.92. The molecule has 0 saturated heterocycles. The number of sulfone groups is 1. The molecular formula is C38H28F4N4O7S2. The molecule has 0 aliphatic heterocycles. The fourth-order valence-electron chi connectivity index (χ4n) is 5.91. The molecule has 11 nitrogen and oxygen atoms in total. The van der Waals surface area contributed by atoms with E-state index >= 15 is 8.78 Å². The Morgan fingerprint density at radius 2 is 1.47 bits per heavy atom. The number of carbonyl (C=O) groups excluding carboxylic acids is 2. The minimum atomic E-state index is -4.39. The summed E-state index contributed by atoms with van der Waals surface area (Å²) < 4.78 is 116. The molecule has 0 saturated carbocycles. The monoisotopic (exact) mass is 792 g/mol.